The van der Waals surface area contributed by atoms with Crippen LogP contribution in [-0.2, 0) is 0 Å². The summed E-state index contributed by atoms with van der Waals surface area (Å²) in [6.07, 6.45) is 8.03. The Morgan fingerprint density at radius 1 is 1.32 bits per heavy atom. The molecule has 4 unspecified atom stereocenters. The Balaban J connectivity index is 1.58. The number of likely N-dealkylation sites (tertiary alicyclic amines) is 1. The van der Waals surface area contributed by atoms with Gasteiger partial charge in [-0.2, -0.15) is 0 Å². The fourth-order valence-electron chi connectivity index (χ4n) is 4.47. The van der Waals surface area contributed by atoms with Gasteiger partial charge in [0.1, 0.15) is 0 Å². The monoisotopic (exact) mass is 309 g/mol. The van der Waals surface area contributed by atoms with Crippen LogP contribution in [0, 0.1) is 11.8 Å². The fraction of sp³-hybridized carbons (Fsp3) is 0.941. The molecule has 2 aliphatic carbocycles. The Morgan fingerprint density at radius 3 is 2.77 bits per heavy atom. The first-order valence-electron chi connectivity index (χ1n) is 9.00. The number of carbonyl (C=O) groups is 1. The van der Waals surface area contributed by atoms with E-state index in [-0.39, 0.29) is 29.6 Å². The summed E-state index contributed by atoms with van der Waals surface area (Å²) in [5, 5.41) is 13.4. The molecule has 3 rings (SSSR count). The molecule has 3 fully saturated rings. The molecule has 126 valence electrons. The first-order chi connectivity index (χ1) is 10.5. The third-order valence-corrected chi connectivity index (χ3v) is 6.12. The molecule has 22 heavy (non-hydrogen) atoms. The molecular formula is C17H31N3O2. The van der Waals surface area contributed by atoms with Crippen molar-refractivity contribution in [2.24, 2.45) is 17.6 Å². The van der Waals surface area contributed by atoms with Crippen molar-refractivity contribution >= 4 is 6.03 Å². The zero-order valence-corrected chi connectivity index (χ0v) is 13.8. The van der Waals surface area contributed by atoms with Crippen LogP contribution in [0.5, 0.6) is 0 Å². The third kappa shape index (κ3) is 3.25. The number of amides is 2. The average Bonchev–Trinajstić information content (AvgIpc) is 2.94. The number of hydrogen-bond donors (Lipinski definition) is 3. The second-order valence-corrected chi connectivity index (χ2v) is 7.93. The maximum Gasteiger partial charge on any atom is 0.317 e. The van der Waals surface area contributed by atoms with Crippen LogP contribution in [0.3, 0.4) is 0 Å². The van der Waals surface area contributed by atoms with Gasteiger partial charge in [-0.15, -0.1) is 0 Å². The Morgan fingerprint density at radius 2 is 2.09 bits per heavy atom. The van der Waals surface area contributed by atoms with Crippen LogP contribution in [0.15, 0.2) is 0 Å². The van der Waals surface area contributed by atoms with E-state index in [0.717, 1.165) is 51.5 Å². The molecule has 1 saturated heterocycles. The number of urea groups is 1. The minimum Gasteiger partial charge on any atom is -0.393 e. The van der Waals surface area contributed by atoms with E-state index < -0.39 is 0 Å². The number of nitrogens with one attached hydrogen (secondary N) is 1. The maximum atomic E-state index is 12.6. The Labute approximate surface area is 133 Å². The van der Waals surface area contributed by atoms with Gasteiger partial charge in [-0.05, 0) is 57.3 Å². The number of nitrogens with two attached hydrogens (primary N) is 1. The van der Waals surface area contributed by atoms with E-state index in [2.05, 4.69) is 12.2 Å². The van der Waals surface area contributed by atoms with Crippen LogP contribution in [0.2, 0.25) is 0 Å². The van der Waals surface area contributed by atoms with Crippen molar-refractivity contribution < 1.29 is 9.90 Å². The summed E-state index contributed by atoms with van der Waals surface area (Å²) in [5.41, 5.74) is 6.02. The van der Waals surface area contributed by atoms with Crippen molar-refractivity contribution in [3.63, 3.8) is 0 Å². The van der Waals surface area contributed by atoms with Gasteiger partial charge in [0.15, 0.2) is 0 Å². The number of carbonyl (C=O) groups excluding carboxylic acids is 1. The van der Waals surface area contributed by atoms with Crippen molar-refractivity contribution in [3.8, 4) is 0 Å². The van der Waals surface area contributed by atoms with Crippen molar-refractivity contribution in [2.75, 3.05) is 13.1 Å². The van der Waals surface area contributed by atoms with Crippen LogP contribution < -0.4 is 11.1 Å². The first kappa shape index (κ1) is 16.1. The molecular weight excluding hydrogens is 278 g/mol. The van der Waals surface area contributed by atoms with Gasteiger partial charge in [0.2, 0.25) is 0 Å². The number of rotatable bonds is 3. The average molecular weight is 309 g/mol. The van der Waals surface area contributed by atoms with Gasteiger partial charge in [0, 0.05) is 30.6 Å². The number of nitrogens with zero attached hydrogens (tertiary/aromatic N) is 1. The van der Waals surface area contributed by atoms with Gasteiger partial charge in [0.25, 0.3) is 0 Å². The molecule has 0 aromatic heterocycles. The molecule has 5 nitrogen and oxygen atoms in total. The SMILES string of the molecule is CC1CCC(O)C(C2CCCN2C(=O)NCC2(N)CCC2)C1. The highest BCUT2D eigenvalue weighted by Crippen LogP contribution is 2.37. The molecule has 2 amide bonds. The third-order valence-electron chi connectivity index (χ3n) is 6.12. The zero-order chi connectivity index (χ0) is 15.7. The highest BCUT2D eigenvalue weighted by atomic mass is 16.3. The zero-order valence-electron chi connectivity index (χ0n) is 13.8. The van der Waals surface area contributed by atoms with Crippen LogP contribution in [-0.4, -0.2) is 46.8 Å². The second-order valence-electron chi connectivity index (χ2n) is 7.93. The summed E-state index contributed by atoms with van der Waals surface area (Å²) in [6.45, 7) is 3.65. The van der Waals surface area contributed by atoms with Gasteiger partial charge in [-0.25, -0.2) is 4.79 Å². The lowest BCUT2D eigenvalue weighted by molar-refractivity contribution is 0.0151. The smallest absolute Gasteiger partial charge is 0.317 e. The minimum absolute atomic E-state index is 0.0182. The van der Waals surface area contributed by atoms with E-state index in [9.17, 15) is 9.90 Å². The molecule has 0 radical (unpaired) electrons. The number of hydrogen-bond acceptors (Lipinski definition) is 3. The largest absolute Gasteiger partial charge is 0.393 e. The molecule has 4 N–H and O–H groups in total. The molecule has 0 aromatic carbocycles. The van der Waals surface area contributed by atoms with Gasteiger partial charge in [0.05, 0.1) is 6.10 Å². The minimum atomic E-state index is -0.248. The van der Waals surface area contributed by atoms with Crippen molar-refractivity contribution in [1.29, 1.82) is 0 Å². The molecule has 1 heterocycles. The predicted molar refractivity (Wildman–Crippen MR) is 86.4 cm³/mol. The molecule has 1 aliphatic heterocycles. The van der Waals surface area contributed by atoms with Crippen molar-refractivity contribution in [2.45, 2.75) is 76.0 Å². The standard InChI is InChI=1S/C17H31N3O2/c1-12-5-6-15(21)13(10-12)14-4-2-9-20(14)16(22)19-11-17(18)7-3-8-17/h12-15,21H,2-11,18H2,1H3,(H,19,22). The summed E-state index contributed by atoms with van der Waals surface area (Å²) >= 11 is 0. The molecule has 5 heteroatoms. The topological polar surface area (TPSA) is 78.6 Å². The van der Waals surface area contributed by atoms with Gasteiger partial charge >= 0.3 is 6.03 Å². The number of aliphatic hydroxyl groups is 1. The summed E-state index contributed by atoms with van der Waals surface area (Å²) in [5.74, 6) is 0.897. The Hall–Kier alpha value is -0.810. The summed E-state index contributed by atoms with van der Waals surface area (Å²) in [6, 6.07) is 0.220. The highest BCUT2D eigenvalue weighted by Gasteiger charge is 2.41. The molecule has 3 aliphatic rings. The van der Waals surface area contributed by atoms with Crippen LogP contribution in [0.25, 0.3) is 0 Å². The molecule has 0 bridgehead atoms. The van der Waals surface area contributed by atoms with E-state index in [4.69, 9.17) is 5.73 Å². The highest BCUT2D eigenvalue weighted by molar-refractivity contribution is 5.75. The molecule has 2 saturated carbocycles. The van der Waals surface area contributed by atoms with Crippen LogP contribution in [0.1, 0.15) is 58.3 Å². The molecule has 0 spiro atoms. The second kappa shape index (κ2) is 6.36. The van der Waals surface area contributed by atoms with E-state index in [0.29, 0.717) is 12.5 Å². The summed E-state index contributed by atoms with van der Waals surface area (Å²) in [7, 11) is 0. The van der Waals surface area contributed by atoms with Crippen LogP contribution in [0.4, 0.5) is 4.79 Å². The van der Waals surface area contributed by atoms with Gasteiger partial charge < -0.3 is 21.1 Å². The lowest BCUT2D eigenvalue weighted by atomic mass is 9.76. The normalized spacial score (nSPS) is 37.7. The molecule has 0 aromatic rings. The van der Waals surface area contributed by atoms with E-state index >= 15 is 0 Å². The lowest BCUT2D eigenvalue weighted by Gasteiger charge is -2.41. The summed E-state index contributed by atoms with van der Waals surface area (Å²) in [4.78, 5) is 14.5. The van der Waals surface area contributed by atoms with Crippen molar-refractivity contribution in [1.82, 2.24) is 10.2 Å². The predicted octanol–water partition coefficient (Wildman–Crippen LogP) is 1.84. The number of aliphatic hydroxyl groups excluding tert-OH is 1. The quantitative estimate of drug-likeness (QED) is 0.744. The van der Waals surface area contributed by atoms with Gasteiger partial charge in [-0.1, -0.05) is 6.92 Å². The van der Waals surface area contributed by atoms with E-state index in [1.165, 1.54) is 6.42 Å². The van der Waals surface area contributed by atoms with E-state index in [1.54, 1.807) is 0 Å². The van der Waals surface area contributed by atoms with Crippen LogP contribution >= 0.6 is 0 Å². The van der Waals surface area contributed by atoms with E-state index in [1.807, 2.05) is 4.90 Å². The maximum absolute atomic E-state index is 12.6. The van der Waals surface area contributed by atoms with Crippen molar-refractivity contribution in [3.05, 3.63) is 0 Å². The first-order valence-corrected chi connectivity index (χ1v) is 9.00. The van der Waals surface area contributed by atoms with Gasteiger partial charge in [-0.3, -0.25) is 0 Å². The lowest BCUT2D eigenvalue weighted by Crippen LogP contribution is -2.57. The fourth-order valence-corrected chi connectivity index (χ4v) is 4.47. The Kier molecular flexibility index (Phi) is 4.64. The Bertz CT molecular complexity index is 411. The molecule has 4 atom stereocenters. The summed E-state index contributed by atoms with van der Waals surface area (Å²) < 4.78 is 0.